The minimum absolute atomic E-state index is 0.172. The summed E-state index contributed by atoms with van der Waals surface area (Å²) in [6, 6.07) is 3.18. The molecule has 128 valence electrons. The molecule has 2 heterocycles. The summed E-state index contributed by atoms with van der Waals surface area (Å²) in [5.74, 6) is -0.728. The van der Waals surface area contributed by atoms with Crippen molar-refractivity contribution in [1.29, 1.82) is 0 Å². The van der Waals surface area contributed by atoms with E-state index in [2.05, 4.69) is 26.1 Å². The highest BCUT2D eigenvalue weighted by Gasteiger charge is 2.34. The lowest BCUT2D eigenvalue weighted by Crippen LogP contribution is -2.26. The highest BCUT2D eigenvalue weighted by molar-refractivity contribution is 7.17. The van der Waals surface area contributed by atoms with Gasteiger partial charge in [0.25, 0.3) is 5.91 Å². The molecule has 0 radical (unpaired) electrons. The standard InChI is InChI=1S/C18H21NO4S/c1-18(2,3)10-6-7-11-13(9-10)24-16(14(11)17(21)22)19-15(20)12-5-4-8-23-12/h4-5,8,10H,6-7,9H2,1-3H3,(H,19,20)(H,21,22)/t10-/m0/s1. The summed E-state index contributed by atoms with van der Waals surface area (Å²) in [4.78, 5) is 25.0. The van der Waals surface area contributed by atoms with Gasteiger partial charge in [0.1, 0.15) is 5.00 Å². The Morgan fingerprint density at radius 2 is 2.12 bits per heavy atom. The van der Waals surface area contributed by atoms with Gasteiger partial charge in [0.2, 0.25) is 0 Å². The largest absolute Gasteiger partial charge is 0.478 e. The Morgan fingerprint density at radius 1 is 1.38 bits per heavy atom. The van der Waals surface area contributed by atoms with E-state index in [1.807, 2.05) is 0 Å². The van der Waals surface area contributed by atoms with Crippen molar-refractivity contribution in [2.24, 2.45) is 11.3 Å². The molecule has 2 aromatic rings. The van der Waals surface area contributed by atoms with Crippen LogP contribution < -0.4 is 5.32 Å². The minimum atomic E-state index is -0.989. The second-order valence-electron chi connectivity index (χ2n) is 7.25. The van der Waals surface area contributed by atoms with Crippen molar-refractivity contribution in [2.45, 2.75) is 40.0 Å². The van der Waals surface area contributed by atoms with Gasteiger partial charge in [-0.1, -0.05) is 20.8 Å². The molecule has 1 aliphatic rings. The normalized spacial score (nSPS) is 17.4. The van der Waals surface area contributed by atoms with Crippen LogP contribution >= 0.6 is 11.3 Å². The molecule has 1 aliphatic carbocycles. The van der Waals surface area contributed by atoms with Gasteiger partial charge < -0.3 is 14.8 Å². The van der Waals surface area contributed by atoms with Crippen LogP contribution in [-0.4, -0.2) is 17.0 Å². The minimum Gasteiger partial charge on any atom is -0.478 e. The summed E-state index contributed by atoms with van der Waals surface area (Å²) in [6.45, 7) is 6.65. The number of amides is 1. The molecule has 0 unspecified atom stereocenters. The smallest absolute Gasteiger partial charge is 0.339 e. The van der Waals surface area contributed by atoms with E-state index < -0.39 is 11.9 Å². The van der Waals surface area contributed by atoms with E-state index in [4.69, 9.17) is 4.42 Å². The van der Waals surface area contributed by atoms with Crippen LogP contribution in [0.1, 0.15) is 58.5 Å². The zero-order chi connectivity index (χ0) is 17.5. The molecule has 0 saturated heterocycles. The van der Waals surface area contributed by atoms with Gasteiger partial charge in [-0.25, -0.2) is 4.79 Å². The first-order valence-electron chi connectivity index (χ1n) is 8.00. The number of anilines is 1. The van der Waals surface area contributed by atoms with Crippen molar-refractivity contribution in [3.63, 3.8) is 0 Å². The number of fused-ring (bicyclic) bond motifs is 1. The number of rotatable bonds is 3. The molecule has 0 saturated carbocycles. The maximum Gasteiger partial charge on any atom is 0.339 e. The molecule has 0 bridgehead atoms. The molecule has 0 aliphatic heterocycles. The predicted octanol–water partition coefficient (Wildman–Crippen LogP) is 4.44. The fourth-order valence-electron chi connectivity index (χ4n) is 3.21. The average Bonchev–Trinajstić information content (AvgIpc) is 3.12. The molecular weight excluding hydrogens is 326 g/mol. The molecule has 6 heteroatoms. The second-order valence-corrected chi connectivity index (χ2v) is 8.36. The van der Waals surface area contributed by atoms with E-state index in [0.717, 1.165) is 29.7 Å². The molecule has 1 amide bonds. The van der Waals surface area contributed by atoms with E-state index in [-0.39, 0.29) is 16.7 Å². The number of hydrogen-bond donors (Lipinski definition) is 2. The van der Waals surface area contributed by atoms with Crippen molar-refractivity contribution in [3.05, 3.63) is 40.2 Å². The van der Waals surface area contributed by atoms with Gasteiger partial charge in [-0.15, -0.1) is 11.3 Å². The Bertz CT molecular complexity index is 768. The summed E-state index contributed by atoms with van der Waals surface area (Å²) in [6.07, 6.45) is 3.99. The van der Waals surface area contributed by atoms with Gasteiger partial charge in [-0.3, -0.25) is 4.79 Å². The van der Waals surface area contributed by atoms with Crippen molar-refractivity contribution >= 4 is 28.2 Å². The zero-order valence-corrected chi connectivity index (χ0v) is 14.8. The number of carbonyl (C=O) groups excluding carboxylic acids is 1. The first-order chi connectivity index (χ1) is 11.3. The first kappa shape index (κ1) is 16.8. The van der Waals surface area contributed by atoms with Crippen LogP contribution in [0.4, 0.5) is 5.00 Å². The number of hydrogen-bond acceptors (Lipinski definition) is 4. The topological polar surface area (TPSA) is 79.5 Å². The number of thiophene rings is 1. The van der Waals surface area contributed by atoms with Crippen molar-refractivity contribution < 1.29 is 19.1 Å². The van der Waals surface area contributed by atoms with Crippen LogP contribution in [0, 0.1) is 11.3 Å². The third-order valence-corrected chi connectivity index (χ3v) is 5.85. The number of carboxylic acid groups (broad SMARTS) is 1. The lowest BCUT2D eigenvalue weighted by molar-refractivity contribution is 0.0696. The molecule has 2 N–H and O–H groups in total. The highest BCUT2D eigenvalue weighted by atomic mass is 32.1. The Hall–Kier alpha value is -2.08. The van der Waals surface area contributed by atoms with Crippen molar-refractivity contribution in [3.8, 4) is 0 Å². The van der Waals surface area contributed by atoms with E-state index in [9.17, 15) is 14.7 Å². The molecule has 24 heavy (non-hydrogen) atoms. The number of carbonyl (C=O) groups is 2. The number of carboxylic acids is 1. The van der Waals surface area contributed by atoms with E-state index in [1.165, 1.54) is 17.6 Å². The summed E-state index contributed by atoms with van der Waals surface area (Å²) < 4.78 is 5.08. The van der Waals surface area contributed by atoms with Gasteiger partial charge in [-0.05, 0) is 48.3 Å². The quantitative estimate of drug-likeness (QED) is 0.860. The van der Waals surface area contributed by atoms with Gasteiger partial charge in [0, 0.05) is 4.88 Å². The Labute approximate surface area is 144 Å². The van der Waals surface area contributed by atoms with Gasteiger partial charge in [0.05, 0.1) is 11.8 Å². The van der Waals surface area contributed by atoms with Crippen molar-refractivity contribution in [1.82, 2.24) is 0 Å². The summed E-state index contributed by atoms with van der Waals surface area (Å²) in [5, 5.41) is 12.7. The maximum absolute atomic E-state index is 12.2. The number of aromatic carboxylic acids is 1. The molecule has 2 aromatic heterocycles. The fraction of sp³-hybridized carbons (Fsp3) is 0.444. The molecular formula is C18H21NO4S. The summed E-state index contributed by atoms with van der Waals surface area (Å²) in [5.41, 5.74) is 1.30. The van der Waals surface area contributed by atoms with E-state index in [0.29, 0.717) is 10.9 Å². The zero-order valence-electron chi connectivity index (χ0n) is 14.0. The number of furan rings is 1. The molecule has 3 rings (SSSR count). The van der Waals surface area contributed by atoms with Gasteiger partial charge in [-0.2, -0.15) is 0 Å². The second kappa shape index (κ2) is 6.09. The Balaban J connectivity index is 1.92. The van der Waals surface area contributed by atoms with Crippen molar-refractivity contribution in [2.75, 3.05) is 5.32 Å². The van der Waals surface area contributed by atoms with E-state index >= 15 is 0 Å². The lowest BCUT2D eigenvalue weighted by Gasteiger charge is -2.33. The third-order valence-electron chi connectivity index (χ3n) is 4.68. The average molecular weight is 347 g/mol. The van der Waals surface area contributed by atoms with Crippen LogP contribution in [0.2, 0.25) is 0 Å². The molecule has 0 aromatic carbocycles. The van der Waals surface area contributed by atoms with E-state index in [1.54, 1.807) is 12.1 Å². The van der Waals surface area contributed by atoms with Crippen LogP contribution in [0.15, 0.2) is 22.8 Å². The van der Waals surface area contributed by atoms with Crippen LogP contribution in [0.5, 0.6) is 0 Å². The van der Waals surface area contributed by atoms with Gasteiger partial charge >= 0.3 is 5.97 Å². The van der Waals surface area contributed by atoms with Crippen LogP contribution in [-0.2, 0) is 12.8 Å². The number of nitrogens with one attached hydrogen (secondary N) is 1. The fourth-order valence-corrected chi connectivity index (χ4v) is 4.53. The third kappa shape index (κ3) is 3.11. The van der Waals surface area contributed by atoms with Gasteiger partial charge in [0.15, 0.2) is 5.76 Å². The Morgan fingerprint density at radius 3 is 2.71 bits per heavy atom. The molecule has 0 fully saturated rings. The monoisotopic (exact) mass is 347 g/mol. The SMILES string of the molecule is CC(C)(C)[C@H]1CCc2c(sc(NC(=O)c3ccco3)c2C(=O)O)C1. The van der Waals surface area contributed by atoms with Crippen LogP contribution in [0.3, 0.4) is 0 Å². The Kier molecular flexibility index (Phi) is 4.25. The first-order valence-corrected chi connectivity index (χ1v) is 8.81. The lowest BCUT2D eigenvalue weighted by atomic mass is 9.72. The molecule has 0 spiro atoms. The highest BCUT2D eigenvalue weighted by Crippen LogP contribution is 2.44. The maximum atomic E-state index is 12.2. The predicted molar refractivity (Wildman–Crippen MR) is 92.9 cm³/mol. The molecule has 5 nitrogen and oxygen atoms in total. The summed E-state index contributed by atoms with van der Waals surface area (Å²) >= 11 is 1.38. The molecule has 1 atom stereocenters. The summed E-state index contributed by atoms with van der Waals surface area (Å²) in [7, 11) is 0. The van der Waals surface area contributed by atoms with Crippen LogP contribution in [0.25, 0.3) is 0 Å².